The summed E-state index contributed by atoms with van der Waals surface area (Å²) in [5.41, 5.74) is 7.87. The van der Waals surface area contributed by atoms with Crippen LogP contribution in [0.25, 0.3) is 28.2 Å². The molecule has 0 saturated carbocycles. The molecule has 1 aliphatic rings. The summed E-state index contributed by atoms with van der Waals surface area (Å²) < 4.78 is 36.4. The van der Waals surface area contributed by atoms with Gasteiger partial charge in [-0.05, 0) is 35.0 Å². The third-order valence-electron chi connectivity index (χ3n) is 5.00. The van der Waals surface area contributed by atoms with Crippen molar-refractivity contribution >= 4 is 5.82 Å². The van der Waals surface area contributed by atoms with Crippen molar-refractivity contribution in [1.82, 2.24) is 35.0 Å². The Morgan fingerprint density at radius 3 is 2.90 bits per heavy atom. The fourth-order valence-electron chi connectivity index (χ4n) is 3.40. The van der Waals surface area contributed by atoms with Crippen molar-refractivity contribution in [2.45, 2.75) is 12.5 Å². The molecule has 0 aliphatic carbocycles. The largest absolute Gasteiger partial charge is 0.383 e. The van der Waals surface area contributed by atoms with Gasteiger partial charge in [0.15, 0.2) is 17.5 Å². The van der Waals surface area contributed by atoms with E-state index in [1.807, 2.05) is 10.9 Å². The van der Waals surface area contributed by atoms with E-state index in [1.54, 1.807) is 18.5 Å². The second-order valence-corrected chi connectivity index (χ2v) is 6.87. The van der Waals surface area contributed by atoms with E-state index >= 15 is 0 Å². The maximum absolute atomic E-state index is 14.3. The zero-order valence-corrected chi connectivity index (χ0v) is 15.6. The molecule has 2 N–H and O–H groups in total. The van der Waals surface area contributed by atoms with Crippen LogP contribution in [0.2, 0.25) is 0 Å². The summed E-state index contributed by atoms with van der Waals surface area (Å²) in [5.74, 6) is -1.77. The van der Waals surface area contributed by atoms with Gasteiger partial charge in [0.2, 0.25) is 0 Å². The fraction of sp³-hybridized carbons (Fsp3) is 0.211. The van der Waals surface area contributed by atoms with Gasteiger partial charge in [-0.1, -0.05) is 6.07 Å². The number of hydrogen-bond donors (Lipinski definition) is 1. The number of rotatable bonds is 4. The molecule has 11 heteroatoms. The minimum Gasteiger partial charge on any atom is -0.383 e. The van der Waals surface area contributed by atoms with Gasteiger partial charge in [-0.2, -0.15) is 9.78 Å². The van der Waals surface area contributed by atoms with Crippen molar-refractivity contribution in [3.05, 3.63) is 54.5 Å². The zero-order valence-electron chi connectivity index (χ0n) is 15.6. The van der Waals surface area contributed by atoms with Gasteiger partial charge in [-0.3, -0.25) is 4.68 Å². The second kappa shape index (κ2) is 7.26. The number of anilines is 1. The molecule has 1 atom stereocenters. The number of hydrogen-bond acceptors (Lipinski definition) is 7. The van der Waals surface area contributed by atoms with Crippen molar-refractivity contribution in [3.63, 3.8) is 0 Å². The van der Waals surface area contributed by atoms with Gasteiger partial charge in [0, 0.05) is 30.1 Å². The smallest absolute Gasteiger partial charge is 0.190 e. The van der Waals surface area contributed by atoms with Crippen molar-refractivity contribution in [3.8, 4) is 28.2 Å². The second-order valence-electron chi connectivity index (χ2n) is 6.87. The Kier molecular flexibility index (Phi) is 4.43. The van der Waals surface area contributed by atoms with Gasteiger partial charge in [0.05, 0.1) is 24.4 Å². The average Bonchev–Trinajstić information content (AvgIpc) is 3.51. The van der Waals surface area contributed by atoms with Crippen LogP contribution in [0.4, 0.5) is 14.6 Å². The lowest BCUT2D eigenvalue weighted by Gasteiger charge is -2.09. The van der Waals surface area contributed by atoms with E-state index in [-0.39, 0.29) is 23.4 Å². The fourth-order valence-corrected chi connectivity index (χ4v) is 3.40. The van der Waals surface area contributed by atoms with Crippen LogP contribution >= 0.6 is 0 Å². The van der Waals surface area contributed by atoms with Crippen molar-refractivity contribution in [2.75, 3.05) is 18.9 Å². The quantitative estimate of drug-likeness (QED) is 0.550. The number of aromatic nitrogens is 7. The lowest BCUT2D eigenvalue weighted by atomic mass is 10.1. The molecule has 1 aromatic carbocycles. The molecule has 4 heterocycles. The van der Waals surface area contributed by atoms with E-state index in [2.05, 4.69) is 25.6 Å². The van der Waals surface area contributed by atoms with Crippen molar-refractivity contribution in [2.24, 2.45) is 0 Å². The monoisotopic (exact) mass is 410 g/mol. The summed E-state index contributed by atoms with van der Waals surface area (Å²) in [6.07, 6.45) is 6.15. The highest BCUT2D eigenvalue weighted by molar-refractivity contribution is 5.76. The van der Waals surface area contributed by atoms with Gasteiger partial charge >= 0.3 is 0 Å². The van der Waals surface area contributed by atoms with Gasteiger partial charge in [-0.15, -0.1) is 5.10 Å². The highest BCUT2D eigenvalue weighted by atomic mass is 19.2. The number of nitrogens with zero attached hydrogens (tertiary/aromatic N) is 7. The number of halogens is 2. The highest BCUT2D eigenvalue weighted by Gasteiger charge is 2.21. The van der Waals surface area contributed by atoms with E-state index < -0.39 is 11.6 Å². The maximum Gasteiger partial charge on any atom is 0.190 e. The van der Waals surface area contributed by atoms with Gasteiger partial charge in [0.1, 0.15) is 11.5 Å². The number of nitrogens with two attached hydrogens (primary N) is 1. The van der Waals surface area contributed by atoms with Crippen LogP contribution in [0, 0.1) is 11.6 Å². The Morgan fingerprint density at radius 2 is 2.07 bits per heavy atom. The normalized spacial score (nSPS) is 16.3. The molecule has 0 bridgehead atoms. The first-order valence-electron chi connectivity index (χ1n) is 9.23. The van der Waals surface area contributed by atoms with E-state index in [9.17, 15) is 8.78 Å². The summed E-state index contributed by atoms with van der Waals surface area (Å²) >= 11 is 0. The standard InChI is InChI=1S/C19H16F2N8O/c20-15-2-1-3-16(17(15)21)29-19(25-26-27-29)14-6-11(7-23-18(14)22)12-8-24-28(9-12)13-4-5-30-10-13/h1-3,6-9,13H,4-5,10H2,(H2,22,23)/t13-/m0/s1. The molecule has 0 amide bonds. The van der Waals surface area contributed by atoms with Crippen LogP contribution in [-0.2, 0) is 4.74 Å². The van der Waals surface area contributed by atoms with E-state index in [1.165, 1.54) is 12.1 Å². The zero-order chi connectivity index (χ0) is 20.7. The summed E-state index contributed by atoms with van der Waals surface area (Å²) in [7, 11) is 0. The predicted octanol–water partition coefficient (Wildman–Crippen LogP) is 2.41. The minimum absolute atomic E-state index is 0.131. The Hall–Kier alpha value is -3.73. The number of benzene rings is 1. The molecule has 9 nitrogen and oxygen atoms in total. The molecular formula is C19H16F2N8O. The lowest BCUT2D eigenvalue weighted by molar-refractivity contribution is 0.184. The van der Waals surface area contributed by atoms with E-state index in [0.717, 1.165) is 28.3 Å². The Morgan fingerprint density at radius 1 is 1.17 bits per heavy atom. The molecule has 0 radical (unpaired) electrons. The van der Waals surface area contributed by atoms with Crippen LogP contribution in [0.3, 0.4) is 0 Å². The number of nitrogen functional groups attached to an aromatic ring is 1. The van der Waals surface area contributed by atoms with Crippen LogP contribution in [-0.4, -0.2) is 48.2 Å². The molecule has 3 aromatic heterocycles. The third kappa shape index (κ3) is 3.08. The third-order valence-corrected chi connectivity index (χ3v) is 5.00. The molecule has 1 aliphatic heterocycles. The summed E-state index contributed by atoms with van der Waals surface area (Å²) in [6.45, 7) is 1.34. The first-order chi connectivity index (χ1) is 14.6. The number of ether oxygens (including phenoxy) is 1. The van der Waals surface area contributed by atoms with Crippen LogP contribution < -0.4 is 5.73 Å². The molecule has 4 aromatic rings. The first-order valence-corrected chi connectivity index (χ1v) is 9.23. The number of pyridine rings is 1. The van der Waals surface area contributed by atoms with Crippen molar-refractivity contribution in [1.29, 1.82) is 0 Å². The SMILES string of the molecule is Nc1ncc(-c2cnn([C@H]3CCOC3)c2)cc1-c1nnnn1-c1cccc(F)c1F. The molecule has 1 fully saturated rings. The number of tetrazole rings is 1. The molecule has 0 spiro atoms. The van der Waals surface area contributed by atoms with E-state index in [4.69, 9.17) is 10.5 Å². The van der Waals surface area contributed by atoms with Crippen LogP contribution in [0.15, 0.2) is 42.9 Å². The maximum atomic E-state index is 14.3. The summed E-state index contributed by atoms with van der Waals surface area (Å²) in [5, 5.41) is 15.8. The topological polar surface area (TPSA) is 110 Å². The Balaban J connectivity index is 1.56. The molecule has 152 valence electrons. The Bertz CT molecular complexity index is 1210. The van der Waals surface area contributed by atoms with Gasteiger partial charge in [0.25, 0.3) is 0 Å². The molecule has 30 heavy (non-hydrogen) atoms. The van der Waals surface area contributed by atoms with E-state index in [0.29, 0.717) is 18.8 Å². The molecule has 0 unspecified atom stereocenters. The predicted molar refractivity (Wildman–Crippen MR) is 102 cm³/mol. The van der Waals surface area contributed by atoms with Gasteiger partial charge in [-0.25, -0.2) is 13.8 Å². The Labute approximate surface area is 169 Å². The summed E-state index contributed by atoms with van der Waals surface area (Å²) in [6, 6.07) is 5.71. The lowest BCUT2D eigenvalue weighted by Crippen LogP contribution is -2.08. The van der Waals surface area contributed by atoms with Gasteiger partial charge < -0.3 is 10.5 Å². The first kappa shape index (κ1) is 18.3. The summed E-state index contributed by atoms with van der Waals surface area (Å²) in [4.78, 5) is 4.23. The van der Waals surface area contributed by atoms with Crippen LogP contribution in [0.5, 0.6) is 0 Å². The minimum atomic E-state index is -1.06. The molecule has 1 saturated heterocycles. The average molecular weight is 410 g/mol. The van der Waals surface area contributed by atoms with Crippen molar-refractivity contribution < 1.29 is 13.5 Å². The molecular weight excluding hydrogens is 394 g/mol. The highest BCUT2D eigenvalue weighted by Crippen LogP contribution is 2.30. The molecule has 5 rings (SSSR count). The van der Waals surface area contributed by atoms with Crippen LogP contribution in [0.1, 0.15) is 12.5 Å².